The van der Waals surface area contributed by atoms with Crippen LogP contribution in [0.3, 0.4) is 0 Å². The van der Waals surface area contributed by atoms with Crippen molar-refractivity contribution in [1.82, 2.24) is 4.31 Å². The van der Waals surface area contributed by atoms with Crippen molar-refractivity contribution < 1.29 is 22.5 Å². The summed E-state index contributed by atoms with van der Waals surface area (Å²) in [6, 6.07) is 16.0. The standard InChI is InChI=1S/C26H32BNO5S/c1-19-12-14-21(15-13-19)34(30,31)28-18-26(6,17-27-32-24(2,3)25(4,5)33-27)22(23(28)29)16-20-10-8-7-9-11-20/h7-16H,17-18H2,1-6H3/b22-16+/t26-/m0/s1. The third-order valence-electron chi connectivity index (χ3n) is 7.24. The molecule has 0 aromatic heterocycles. The molecule has 2 aliphatic heterocycles. The molecular weight excluding hydrogens is 449 g/mol. The maximum Gasteiger partial charge on any atom is 0.458 e. The molecule has 2 heterocycles. The van der Waals surface area contributed by atoms with Crippen LogP contribution >= 0.6 is 0 Å². The lowest BCUT2D eigenvalue weighted by atomic mass is 9.66. The molecule has 2 fully saturated rings. The van der Waals surface area contributed by atoms with Crippen molar-refractivity contribution in [3.05, 3.63) is 71.3 Å². The number of carbonyl (C=O) groups is 1. The van der Waals surface area contributed by atoms with Crippen LogP contribution in [0, 0.1) is 12.3 Å². The second kappa shape index (κ2) is 8.36. The third-order valence-corrected chi connectivity index (χ3v) is 8.98. The van der Waals surface area contributed by atoms with E-state index in [2.05, 4.69) is 0 Å². The van der Waals surface area contributed by atoms with Gasteiger partial charge in [-0.25, -0.2) is 12.7 Å². The summed E-state index contributed by atoms with van der Waals surface area (Å²) in [7, 11) is -4.58. The van der Waals surface area contributed by atoms with Gasteiger partial charge >= 0.3 is 7.12 Å². The second-order valence-electron chi connectivity index (χ2n) is 10.5. The zero-order chi connectivity index (χ0) is 24.9. The molecule has 2 aromatic carbocycles. The van der Waals surface area contributed by atoms with Gasteiger partial charge in [-0.2, -0.15) is 0 Å². The van der Waals surface area contributed by atoms with Crippen LogP contribution in [0.15, 0.2) is 65.1 Å². The quantitative estimate of drug-likeness (QED) is 0.457. The van der Waals surface area contributed by atoms with E-state index in [0.29, 0.717) is 11.9 Å². The van der Waals surface area contributed by atoms with E-state index >= 15 is 0 Å². The minimum atomic E-state index is -4.02. The van der Waals surface area contributed by atoms with Crippen LogP contribution in [0.25, 0.3) is 6.08 Å². The number of hydrogen-bond acceptors (Lipinski definition) is 5. The Bertz CT molecular complexity index is 1210. The first-order valence-electron chi connectivity index (χ1n) is 11.5. The Morgan fingerprint density at radius 2 is 1.50 bits per heavy atom. The Kier molecular flexibility index (Phi) is 6.07. The Labute approximate surface area is 203 Å². The molecule has 0 unspecified atom stereocenters. The van der Waals surface area contributed by atoms with Gasteiger partial charge in [0.05, 0.1) is 16.1 Å². The molecule has 1 amide bonds. The normalized spacial score (nSPS) is 25.4. The lowest BCUT2D eigenvalue weighted by Gasteiger charge is -2.32. The van der Waals surface area contributed by atoms with E-state index < -0.39 is 39.7 Å². The number of sulfonamides is 1. The van der Waals surface area contributed by atoms with Gasteiger partial charge in [-0.05, 0) is 64.7 Å². The molecule has 8 heteroatoms. The monoisotopic (exact) mass is 481 g/mol. The minimum Gasteiger partial charge on any atom is -0.403 e. The predicted molar refractivity (Wildman–Crippen MR) is 133 cm³/mol. The average molecular weight is 481 g/mol. The van der Waals surface area contributed by atoms with Crippen molar-refractivity contribution in [2.24, 2.45) is 5.41 Å². The third kappa shape index (κ3) is 4.35. The van der Waals surface area contributed by atoms with Crippen molar-refractivity contribution in [2.45, 2.75) is 64.0 Å². The highest BCUT2D eigenvalue weighted by atomic mass is 32.2. The van der Waals surface area contributed by atoms with Gasteiger partial charge in [0, 0.05) is 17.5 Å². The Hall–Kier alpha value is -2.42. The number of aryl methyl sites for hydroxylation is 1. The summed E-state index contributed by atoms with van der Waals surface area (Å²) >= 11 is 0. The fourth-order valence-electron chi connectivity index (χ4n) is 4.44. The zero-order valence-electron chi connectivity index (χ0n) is 20.7. The summed E-state index contributed by atoms with van der Waals surface area (Å²) in [4.78, 5) is 13.7. The van der Waals surface area contributed by atoms with E-state index in [4.69, 9.17) is 9.31 Å². The van der Waals surface area contributed by atoms with E-state index in [1.165, 1.54) is 0 Å². The van der Waals surface area contributed by atoms with E-state index in [1.807, 2.05) is 71.9 Å². The zero-order valence-corrected chi connectivity index (χ0v) is 21.5. The average Bonchev–Trinajstić information content (AvgIpc) is 3.11. The molecule has 0 radical (unpaired) electrons. The molecule has 2 aliphatic rings. The predicted octanol–water partition coefficient (Wildman–Crippen LogP) is 4.71. The van der Waals surface area contributed by atoms with Gasteiger partial charge in [0.2, 0.25) is 0 Å². The van der Waals surface area contributed by atoms with Gasteiger partial charge in [-0.3, -0.25) is 4.79 Å². The molecule has 0 bridgehead atoms. The maximum absolute atomic E-state index is 13.6. The molecule has 6 nitrogen and oxygen atoms in total. The SMILES string of the molecule is Cc1ccc(S(=O)(=O)N2C[C@](C)(CB3OC(C)(C)C(C)(C)O3)/C(=C/c3ccccc3)C2=O)cc1. The molecule has 4 rings (SSSR count). The molecule has 34 heavy (non-hydrogen) atoms. The molecule has 2 aromatic rings. The van der Waals surface area contributed by atoms with E-state index in [9.17, 15) is 13.2 Å². The summed E-state index contributed by atoms with van der Waals surface area (Å²) in [6.45, 7) is 11.7. The van der Waals surface area contributed by atoms with Crippen LogP contribution in [0.5, 0.6) is 0 Å². The van der Waals surface area contributed by atoms with Crippen molar-refractivity contribution in [2.75, 3.05) is 6.54 Å². The van der Waals surface area contributed by atoms with Gasteiger partial charge in [0.1, 0.15) is 0 Å². The number of carbonyl (C=O) groups excluding carboxylic acids is 1. The minimum absolute atomic E-state index is 0.0186. The van der Waals surface area contributed by atoms with Gasteiger partial charge in [0.25, 0.3) is 15.9 Å². The highest BCUT2D eigenvalue weighted by Crippen LogP contribution is 2.47. The summed E-state index contributed by atoms with van der Waals surface area (Å²) in [6.07, 6.45) is 2.14. The highest BCUT2D eigenvalue weighted by molar-refractivity contribution is 7.89. The van der Waals surface area contributed by atoms with Crippen LogP contribution in [-0.2, 0) is 24.1 Å². The van der Waals surface area contributed by atoms with Crippen LogP contribution in [0.2, 0.25) is 6.32 Å². The Morgan fingerprint density at radius 1 is 0.941 bits per heavy atom. The first-order valence-corrected chi connectivity index (χ1v) is 13.0. The molecule has 0 spiro atoms. The largest absolute Gasteiger partial charge is 0.458 e. The second-order valence-corrected chi connectivity index (χ2v) is 12.4. The summed E-state index contributed by atoms with van der Waals surface area (Å²) in [5, 5.41) is 0. The molecular formula is C26H32BNO5S. The van der Waals surface area contributed by atoms with Gasteiger partial charge in [-0.1, -0.05) is 55.0 Å². The smallest absolute Gasteiger partial charge is 0.403 e. The Balaban J connectivity index is 1.74. The lowest BCUT2D eigenvalue weighted by molar-refractivity contribution is -0.120. The number of nitrogens with zero attached hydrogens (tertiary/aromatic N) is 1. The maximum atomic E-state index is 13.6. The van der Waals surface area contributed by atoms with Crippen LogP contribution in [-0.4, -0.2) is 43.5 Å². The fourth-order valence-corrected chi connectivity index (χ4v) is 5.95. The van der Waals surface area contributed by atoms with Crippen molar-refractivity contribution >= 4 is 29.1 Å². The number of rotatable bonds is 5. The van der Waals surface area contributed by atoms with E-state index in [1.54, 1.807) is 30.3 Å². The summed E-state index contributed by atoms with van der Waals surface area (Å²) < 4.78 is 40.4. The van der Waals surface area contributed by atoms with Gasteiger partial charge in [0.15, 0.2) is 0 Å². The van der Waals surface area contributed by atoms with Crippen LogP contribution in [0.4, 0.5) is 0 Å². The van der Waals surface area contributed by atoms with Crippen molar-refractivity contribution in [3.8, 4) is 0 Å². The number of hydrogen-bond donors (Lipinski definition) is 0. The molecule has 1 atom stereocenters. The molecule has 0 aliphatic carbocycles. The van der Waals surface area contributed by atoms with Gasteiger partial charge < -0.3 is 9.31 Å². The fraction of sp³-hybridized carbons (Fsp3) is 0.423. The molecule has 2 saturated heterocycles. The lowest BCUT2D eigenvalue weighted by Crippen LogP contribution is -2.41. The molecule has 180 valence electrons. The summed E-state index contributed by atoms with van der Waals surface area (Å²) in [5.41, 5.74) is 0.374. The van der Waals surface area contributed by atoms with Crippen LogP contribution < -0.4 is 0 Å². The Morgan fingerprint density at radius 3 is 2.06 bits per heavy atom. The number of benzene rings is 2. The highest BCUT2D eigenvalue weighted by Gasteiger charge is 2.57. The first kappa shape index (κ1) is 24.7. The topological polar surface area (TPSA) is 72.9 Å². The van der Waals surface area contributed by atoms with E-state index in [0.717, 1.165) is 15.4 Å². The van der Waals surface area contributed by atoms with Crippen molar-refractivity contribution in [1.29, 1.82) is 0 Å². The van der Waals surface area contributed by atoms with Crippen LogP contribution in [0.1, 0.15) is 45.7 Å². The molecule has 0 saturated carbocycles. The number of amides is 1. The van der Waals surface area contributed by atoms with E-state index in [-0.39, 0.29) is 11.4 Å². The van der Waals surface area contributed by atoms with Crippen molar-refractivity contribution in [3.63, 3.8) is 0 Å². The summed E-state index contributed by atoms with van der Waals surface area (Å²) in [5.74, 6) is -0.511. The first-order chi connectivity index (χ1) is 15.8. The molecule has 0 N–H and O–H groups in total. The van der Waals surface area contributed by atoms with Gasteiger partial charge in [-0.15, -0.1) is 0 Å².